The van der Waals surface area contributed by atoms with Gasteiger partial charge in [0.1, 0.15) is 17.2 Å². The molecule has 1 aromatic carbocycles. The van der Waals surface area contributed by atoms with Crippen LogP contribution in [0.3, 0.4) is 0 Å². The van der Waals surface area contributed by atoms with Crippen molar-refractivity contribution in [3.63, 3.8) is 0 Å². The summed E-state index contributed by atoms with van der Waals surface area (Å²) in [6, 6.07) is 9.53. The number of aromatic nitrogens is 1. The number of nitrogens with zero attached hydrogens (tertiary/aromatic N) is 1. The molecule has 0 radical (unpaired) electrons. The molecule has 0 saturated heterocycles. The van der Waals surface area contributed by atoms with Crippen molar-refractivity contribution in [1.29, 1.82) is 0 Å². The lowest BCUT2D eigenvalue weighted by molar-refractivity contribution is 0.187. The minimum absolute atomic E-state index is 0.326. The second-order valence-electron chi connectivity index (χ2n) is 4.13. The van der Waals surface area contributed by atoms with Crippen molar-refractivity contribution >= 4 is 22.6 Å². The zero-order valence-electron chi connectivity index (χ0n) is 9.68. The van der Waals surface area contributed by atoms with Gasteiger partial charge in [-0.25, -0.2) is 4.39 Å². The van der Waals surface area contributed by atoms with E-state index >= 15 is 0 Å². The summed E-state index contributed by atoms with van der Waals surface area (Å²) in [7, 11) is 0. The maximum absolute atomic E-state index is 12.8. The minimum Gasteiger partial charge on any atom is -0.458 e. The van der Waals surface area contributed by atoms with E-state index in [2.05, 4.69) is 4.98 Å². The number of hydrogen-bond donors (Lipinski definition) is 1. The van der Waals surface area contributed by atoms with E-state index in [0.717, 1.165) is 11.6 Å². The van der Waals surface area contributed by atoms with E-state index in [1.165, 1.54) is 12.1 Å². The van der Waals surface area contributed by atoms with Gasteiger partial charge in [-0.2, -0.15) is 0 Å². The number of benzene rings is 1. The number of hydrogen-bond acceptors (Lipinski definition) is 3. The van der Waals surface area contributed by atoms with Crippen molar-refractivity contribution in [3.05, 3.63) is 64.9 Å². The van der Waals surface area contributed by atoms with Gasteiger partial charge in [0, 0.05) is 10.4 Å². The Bertz CT molecular complexity index is 724. The van der Waals surface area contributed by atoms with E-state index in [1.54, 1.807) is 24.3 Å². The number of aliphatic hydroxyl groups excluding tert-OH is 1. The molecule has 2 aromatic heterocycles. The van der Waals surface area contributed by atoms with Gasteiger partial charge in [-0.05, 0) is 36.4 Å². The molecule has 0 aliphatic rings. The molecular formula is C14H9ClFNO2. The molecule has 1 unspecified atom stereocenters. The van der Waals surface area contributed by atoms with Crippen LogP contribution in [0.15, 0.2) is 47.0 Å². The van der Waals surface area contributed by atoms with Crippen LogP contribution in [0, 0.1) is 5.82 Å². The van der Waals surface area contributed by atoms with Crippen molar-refractivity contribution in [1.82, 2.24) is 4.98 Å². The zero-order valence-corrected chi connectivity index (χ0v) is 10.4. The van der Waals surface area contributed by atoms with Crippen LogP contribution in [0.5, 0.6) is 0 Å². The summed E-state index contributed by atoms with van der Waals surface area (Å²) in [5.74, 6) is -0.108. The van der Waals surface area contributed by atoms with Crippen LogP contribution in [0.25, 0.3) is 11.0 Å². The Hall–Kier alpha value is -1.91. The Morgan fingerprint density at radius 3 is 2.79 bits per heavy atom. The van der Waals surface area contributed by atoms with E-state index in [4.69, 9.17) is 16.0 Å². The van der Waals surface area contributed by atoms with E-state index in [1.807, 2.05) is 0 Å². The first-order chi connectivity index (χ1) is 9.13. The van der Waals surface area contributed by atoms with Crippen molar-refractivity contribution < 1.29 is 13.9 Å². The fourth-order valence-corrected chi connectivity index (χ4v) is 2.04. The molecule has 1 N–H and O–H groups in total. The third-order valence-electron chi connectivity index (χ3n) is 2.80. The van der Waals surface area contributed by atoms with Crippen LogP contribution in [0.1, 0.15) is 17.6 Å². The predicted octanol–water partition coefficient (Wildman–Crippen LogP) is 3.70. The van der Waals surface area contributed by atoms with Crippen LogP contribution in [0.4, 0.5) is 4.39 Å². The second kappa shape index (κ2) is 4.64. The molecule has 0 bridgehead atoms. The van der Waals surface area contributed by atoms with Gasteiger partial charge >= 0.3 is 0 Å². The molecule has 0 aliphatic heterocycles. The summed E-state index contributed by atoms with van der Waals surface area (Å²) in [6.07, 6.45) is 0.0183. The maximum Gasteiger partial charge on any atom is 0.153 e. The van der Waals surface area contributed by atoms with Gasteiger partial charge in [0.15, 0.2) is 6.10 Å². The van der Waals surface area contributed by atoms with Gasteiger partial charge < -0.3 is 9.52 Å². The first kappa shape index (κ1) is 12.1. The Morgan fingerprint density at radius 1 is 1.21 bits per heavy atom. The van der Waals surface area contributed by atoms with Gasteiger partial charge in [-0.15, -0.1) is 0 Å². The zero-order chi connectivity index (χ0) is 13.4. The van der Waals surface area contributed by atoms with Gasteiger partial charge in [-0.3, -0.25) is 4.98 Å². The fraction of sp³-hybridized carbons (Fsp3) is 0.0714. The van der Waals surface area contributed by atoms with Gasteiger partial charge in [0.05, 0.1) is 11.9 Å². The molecule has 0 amide bonds. The molecular weight excluding hydrogens is 269 g/mol. The number of aliphatic hydroxyl groups is 1. The Labute approximate surface area is 113 Å². The lowest BCUT2D eigenvalue weighted by Gasteiger charge is -2.06. The summed E-state index contributed by atoms with van der Waals surface area (Å²) < 4.78 is 18.3. The molecule has 3 aromatic rings. The number of pyridine rings is 1. The van der Waals surface area contributed by atoms with Crippen LogP contribution >= 0.6 is 11.6 Å². The molecule has 0 saturated carbocycles. The summed E-state index contributed by atoms with van der Waals surface area (Å²) >= 11 is 5.88. The number of furan rings is 1. The molecule has 96 valence electrons. The van der Waals surface area contributed by atoms with E-state index in [9.17, 15) is 9.50 Å². The number of fused-ring (bicyclic) bond motifs is 1. The SMILES string of the molecule is OC(c1ccc(F)cn1)c1cc2cc(Cl)ccc2o1. The number of halogens is 2. The molecule has 0 spiro atoms. The molecule has 5 heteroatoms. The standard InChI is InChI=1S/C14H9ClFNO2/c15-9-1-4-12-8(5-9)6-13(19-12)14(18)11-3-2-10(16)7-17-11/h1-7,14,18H. The quantitative estimate of drug-likeness (QED) is 0.777. The summed E-state index contributed by atoms with van der Waals surface area (Å²) in [6.45, 7) is 0. The average molecular weight is 278 g/mol. The van der Waals surface area contributed by atoms with Crippen LogP contribution < -0.4 is 0 Å². The van der Waals surface area contributed by atoms with Gasteiger partial charge in [0.25, 0.3) is 0 Å². The van der Waals surface area contributed by atoms with Crippen molar-refractivity contribution in [2.24, 2.45) is 0 Å². The topological polar surface area (TPSA) is 46.3 Å². The van der Waals surface area contributed by atoms with Crippen molar-refractivity contribution in [2.45, 2.75) is 6.10 Å². The molecule has 3 nitrogen and oxygen atoms in total. The first-order valence-corrected chi connectivity index (χ1v) is 6.00. The normalized spacial score (nSPS) is 12.8. The second-order valence-corrected chi connectivity index (χ2v) is 4.57. The molecule has 2 heterocycles. The lowest BCUT2D eigenvalue weighted by atomic mass is 10.1. The average Bonchev–Trinajstić information content (AvgIpc) is 2.81. The summed E-state index contributed by atoms with van der Waals surface area (Å²) in [5, 5.41) is 11.5. The van der Waals surface area contributed by atoms with E-state index in [0.29, 0.717) is 22.1 Å². The lowest BCUT2D eigenvalue weighted by Crippen LogP contribution is -2.00. The third kappa shape index (κ3) is 2.32. The smallest absolute Gasteiger partial charge is 0.153 e. The fourth-order valence-electron chi connectivity index (χ4n) is 1.86. The molecule has 0 fully saturated rings. The summed E-state index contributed by atoms with van der Waals surface area (Å²) in [5.41, 5.74) is 0.951. The molecule has 0 aliphatic carbocycles. The largest absolute Gasteiger partial charge is 0.458 e. The van der Waals surface area contributed by atoms with E-state index < -0.39 is 11.9 Å². The van der Waals surface area contributed by atoms with Gasteiger partial charge in [-0.1, -0.05) is 11.6 Å². The van der Waals surface area contributed by atoms with Crippen molar-refractivity contribution in [2.75, 3.05) is 0 Å². The Morgan fingerprint density at radius 2 is 2.05 bits per heavy atom. The van der Waals surface area contributed by atoms with E-state index in [-0.39, 0.29) is 0 Å². The third-order valence-corrected chi connectivity index (χ3v) is 3.03. The minimum atomic E-state index is -1.04. The molecule has 19 heavy (non-hydrogen) atoms. The van der Waals surface area contributed by atoms with Crippen LogP contribution in [-0.2, 0) is 0 Å². The number of rotatable bonds is 2. The highest BCUT2D eigenvalue weighted by atomic mass is 35.5. The van der Waals surface area contributed by atoms with Gasteiger partial charge in [0.2, 0.25) is 0 Å². The van der Waals surface area contributed by atoms with Crippen LogP contribution in [0.2, 0.25) is 5.02 Å². The first-order valence-electron chi connectivity index (χ1n) is 5.62. The highest BCUT2D eigenvalue weighted by Crippen LogP contribution is 2.28. The highest BCUT2D eigenvalue weighted by molar-refractivity contribution is 6.31. The summed E-state index contributed by atoms with van der Waals surface area (Å²) in [4.78, 5) is 3.83. The Balaban J connectivity index is 2.01. The highest BCUT2D eigenvalue weighted by Gasteiger charge is 2.17. The molecule has 1 atom stereocenters. The van der Waals surface area contributed by atoms with Crippen LogP contribution in [-0.4, -0.2) is 10.1 Å². The maximum atomic E-state index is 12.8. The van der Waals surface area contributed by atoms with Crippen molar-refractivity contribution in [3.8, 4) is 0 Å². The predicted molar refractivity (Wildman–Crippen MR) is 69.5 cm³/mol. The Kier molecular flexibility index (Phi) is 2.97. The monoisotopic (exact) mass is 277 g/mol. The molecule has 3 rings (SSSR count).